The molecule has 0 radical (unpaired) electrons. The second-order valence-electron chi connectivity index (χ2n) is 10.1. The normalized spacial score (nSPS) is 17.8. The molecule has 2 aliphatic heterocycles. The lowest BCUT2D eigenvalue weighted by Gasteiger charge is -2.36. The van der Waals surface area contributed by atoms with E-state index in [0.29, 0.717) is 49.8 Å². The van der Waals surface area contributed by atoms with E-state index in [1.54, 1.807) is 31.4 Å². The molecule has 1 saturated heterocycles. The second-order valence-corrected chi connectivity index (χ2v) is 10.1. The van der Waals surface area contributed by atoms with E-state index in [9.17, 15) is 9.18 Å². The molecule has 204 valence electrons. The van der Waals surface area contributed by atoms with Crippen LogP contribution in [0.5, 0.6) is 11.5 Å². The van der Waals surface area contributed by atoms with Gasteiger partial charge in [0.05, 0.1) is 38.2 Å². The highest BCUT2D eigenvalue weighted by atomic mass is 19.1. The van der Waals surface area contributed by atoms with Crippen molar-refractivity contribution in [3.63, 3.8) is 0 Å². The summed E-state index contributed by atoms with van der Waals surface area (Å²) in [5, 5.41) is 6.52. The summed E-state index contributed by atoms with van der Waals surface area (Å²) >= 11 is 0. The first-order valence-electron chi connectivity index (χ1n) is 13.3. The Morgan fingerprint density at radius 2 is 1.74 bits per heavy atom. The van der Waals surface area contributed by atoms with Crippen molar-refractivity contribution in [2.24, 2.45) is 5.10 Å². The van der Waals surface area contributed by atoms with Crippen LogP contribution in [-0.4, -0.2) is 68.5 Å². The van der Waals surface area contributed by atoms with Gasteiger partial charge in [-0.2, -0.15) is 5.10 Å². The highest BCUT2D eigenvalue weighted by molar-refractivity contribution is 6.04. The summed E-state index contributed by atoms with van der Waals surface area (Å²) in [6, 6.07) is 18.5. The molecule has 1 fully saturated rings. The van der Waals surface area contributed by atoms with E-state index in [4.69, 9.17) is 14.6 Å². The maximum absolute atomic E-state index is 14.3. The SMILES string of the molecule is COc1ccc([C@@H]2CC(c3ccc(C)cc3C)=NN2C(=O)CN2CCN(c3ccccc3F)CC2)c(OC)c1. The van der Waals surface area contributed by atoms with Gasteiger partial charge >= 0.3 is 0 Å². The van der Waals surface area contributed by atoms with Gasteiger partial charge in [0.1, 0.15) is 17.3 Å². The monoisotopic (exact) mass is 530 g/mol. The first-order valence-corrected chi connectivity index (χ1v) is 13.3. The lowest BCUT2D eigenvalue weighted by molar-refractivity contribution is -0.134. The molecule has 0 saturated carbocycles. The number of methoxy groups -OCH3 is 2. The molecule has 3 aromatic rings. The quantitative estimate of drug-likeness (QED) is 0.432. The van der Waals surface area contributed by atoms with E-state index >= 15 is 0 Å². The minimum Gasteiger partial charge on any atom is -0.497 e. The van der Waals surface area contributed by atoms with Gasteiger partial charge < -0.3 is 14.4 Å². The van der Waals surface area contributed by atoms with Crippen LogP contribution in [-0.2, 0) is 4.79 Å². The number of hydrogen-bond acceptors (Lipinski definition) is 6. The molecule has 0 unspecified atom stereocenters. The number of hydrogen-bond donors (Lipinski definition) is 0. The molecule has 2 aliphatic rings. The second kappa shape index (κ2) is 11.5. The number of benzene rings is 3. The summed E-state index contributed by atoms with van der Waals surface area (Å²) in [7, 11) is 3.24. The lowest BCUT2D eigenvalue weighted by atomic mass is 9.94. The molecule has 0 spiro atoms. The highest BCUT2D eigenvalue weighted by Gasteiger charge is 2.36. The first-order chi connectivity index (χ1) is 18.9. The van der Waals surface area contributed by atoms with E-state index in [0.717, 1.165) is 22.4 Å². The molecular weight excluding hydrogens is 495 g/mol. The van der Waals surface area contributed by atoms with Crippen molar-refractivity contribution in [2.45, 2.75) is 26.3 Å². The minimum atomic E-state index is -0.297. The summed E-state index contributed by atoms with van der Waals surface area (Å²) in [6.07, 6.45) is 0.583. The maximum atomic E-state index is 14.3. The molecular formula is C31H35FN4O3. The smallest absolute Gasteiger partial charge is 0.257 e. The van der Waals surface area contributed by atoms with Crippen LogP contribution in [0, 0.1) is 19.7 Å². The van der Waals surface area contributed by atoms with Gasteiger partial charge in [0.2, 0.25) is 0 Å². The number of hydrazone groups is 1. The third-order valence-electron chi connectivity index (χ3n) is 7.58. The van der Waals surface area contributed by atoms with E-state index in [1.165, 1.54) is 11.6 Å². The molecule has 1 amide bonds. The summed E-state index contributed by atoms with van der Waals surface area (Å²) in [4.78, 5) is 17.9. The highest BCUT2D eigenvalue weighted by Crippen LogP contribution is 2.39. The number of piperazine rings is 1. The predicted molar refractivity (Wildman–Crippen MR) is 151 cm³/mol. The largest absolute Gasteiger partial charge is 0.497 e. The van der Waals surface area contributed by atoms with Gasteiger partial charge in [-0.3, -0.25) is 9.69 Å². The number of para-hydroxylation sites is 1. The molecule has 2 heterocycles. The van der Waals surface area contributed by atoms with Gasteiger partial charge in [-0.15, -0.1) is 0 Å². The summed E-state index contributed by atoms with van der Waals surface area (Å²) in [6.45, 7) is 7.02. The molecule has 3 aromatic carbocycles. The van der Waals surface area contributed by atoms with Crippen molar-refractivity contribution in [3.05, 3.63) is 88.7 Å². The average molecular weight is 531 g/mol. The molecule has 0 aliphatic carbocycles. The number of amides is 1. The van der Waals surface area contributed by atoms with Crippen molar-refractivity contribution in [2.75, 3.05) is 51.8 Å². The van der Waals surface area contributed by atoms with Crippen LogP contribution >= 0.6 is 0 Å². The Hall–Kier alpha value is -3.91. The Kier molecular flexibility index (Phi) is 7.84. The third-order valence-corrected chi connectivity index (χ3v) is 7.58. The first kappa shape index (κ1) is 26.7. The molecule has 1 atom stereocenters. The van der Waals surface area contributed by atoms with E-state index < -0.39 is 0 Å². The number of rotatable bonds is 7. The van der Waals surface area contributed by atoms with Crippen molar-refractivity contribution in [1.82, 2.24) is 9.91 Å². The Morgan fingerprint density at radius 1 is 0.974 bits per heavy atom. The molecule has 7 nitrogen and oxygen atoms in total. The lowest BCUT2D eigenvalue weighted by Crippen LogP contribution is -2.49. The molecule has 0 N–H and O–H groups in total. The summed E-state index contributed by atoms with van der Waals surface area (Å²) in [5.74, 6) is 1.06. The molecule has 0 bridgehead atoms. The van der Waals surface area contributed by atoms with Gasteiger partial charge in [0.25, 0.3) is 5.91 Å². The van der Waals surface area contributed by atoms with Crippen molar-refractivity contribution < 1.29 is 18.7 Å². The standard InChI is InChI=1S/C31H35FN4O3/c1-21-9-11-24(22(2)17-21)27-19-29(25-12-10-23(38-3)18-30(25)39-4)36(33-27)31(37)20-34-13-15-35(16-14-34)28-8-6-5-7-26(28)32/h5-12,17-18,29H,13-16,19-20H2,1-4H3/t29-/m0/s1. The summed E-state index contributed by atoms with van der Waals surface area (Å²) in [5.41, 5.74) is 5.75. The zero-order valence-electron chi connectivity index (χ0n) is 23.0. The number of nitrogens with zero attached hydrogens (tertiary/aromatic N) is 4. The molecule has 5 rings (SSSR count). The van der Waals surface area contributed by atoms with Gasteiger partial charge in [0.15, 0.2) is 0 Å². The minimum absolute atomic E-state index is 0.0722. The Labute approximate surface area is 229 Å². The van der Waals surface area contributed by atoms with Gasteiger partial charge in [-0.1, -0.05) is 35.9 Å². The van der Waals surface area contributed by atoms with Crippen LogP contribution in [0.2, 0.25) is 0 Å². The fourth-order valence-electron chi connectivity index (χ4n) is 5.50. The van der Waals surface area contributed by atoms with Gasteiger partial charge in [-0.05, 0) is 43.7 Å². The Bertz CT molecular complexity index is 1380. The number of ether oxygens (including phenoxy) is 2. The van der Waals surface area contributed by atoms with Crippen molar-refractivity contribution >= 4 is 17.3 Å². The fourth-order valence-corrected chi connectivity index (χ4v) is 5.50. The molecule has 0 aromatic heterocycles. The zero-order chi connectivity index (χ0) is 27.5. The molecule has 39 heavy (non-hydrogen) atoms. The van der Waals surface area contributed by atoms with E-state index in [1.807, 2.05) is 29.2 Å². The topological polar surface area (TPSA) is 57.6 Å². The number of aryl methyl sites for hydroxylation is 2. The van der Waals surface area contributed by atoms with Crippen LogP contribution in [0.3, 0.4) is 0 Å². The van der Waals surface area contributed by atoms with E-state index in [2.05, 4.69) is 36.9 Å². The van der Waals surface area contributed by atoms with Crippen LogP contribution in [0.1, 0.15) is 34.7 Å². The number of halogens is 1. The van der Waals surface area contributed by atoms with Crippen LogP contribution < -0.4 is 14.4 Å². The van der Waals surface area contributed by atoms with Gasteiger partial charge in [-0.25, -0.2) is 9.40 Å². The van der Waals surface area contributed by atoms with Crippen molar-refractivity contribution in [3.8, 4) is 11.5 Å². The van der Waals surface area contributed by atoms with Gasteiger partial charge in [0, 0.05) is 49.8 Å². The maximum Gasteiger partial charge on any atom is 0.257 e. The Balaban J connectivity index is 1.37. The third kappa shape index (κ3) is 5.61. The summed E-state index contributed by atoms with van der Waals surface area (Å²) < 4.78 is 25.4. The average Bonchev–Trinajstić information content (AvgIpc) is 3.38. The predicted octanol–water partition coefficient (Wildman–Crippen LogP) is 4.96. The number of carbonyl (C=O) groups is 1. The van der Waals surface area contributed by atoms with Crippen LogP contribution in [0.15, 0.2) is 65.8 Å². The Morgan fingerprint density at radius 3 is 2.44 bits per heavy atom. The van der Waals surface area contributed by atoms with Crippen LogP contribution in [0.25, 0.3) is 0 Å². The fraction of sp³-hybridized carbons (Fsp3) is 0.355. The van der Waals surface area contributed by atoms with Crippen molar-refractivity contribution in [1.29, 1.82) is 0 Å². The zero-order valence-corrected chi connectivity index (χ0v) is 23.0. The van der Waals surface area contributed by atoms with Crippen LogP contribution in [0.4, 0.5) is 10.1 Å². The molecule has 8 heteroatoms. The number of anilines is 1. The van der Waals surface area contributed by atoms with E-state index in [-0.39, 0.29) is 24.3 Å². The number of carbonyl (C=O) groups excluding carboxylic acids is 1.